The van der Waals surface area contributed by atoms with Crippen LogP contribution >= 0.6 is 0 Å². The SMILES string of the molecule is CCc1oc2ccccc2c1/C=C\C(=O)N1CCC(CC(N)=O)CC1. The number of para-hydroxylation sites is 1. The molecule has 0 aliphatic carbocycles. The van der Waals surface area contributed by atoms with Gasteiger partial charge in [0.25, 0.3) is 0 Å². The van der Waals surface area contributed by atoms with E-state index in [2.05, 4.69) is 0 Å². The Bertz CT molecular complexity index is 798. The van der Waals surface area contributed by atoms with E-state index >= 15 is 0 Å². The normalized spacial score (nSPS) is 16.0. The van der Waals surface area contributed by atoms with E-state index in [9.17, 15) is 9.59 Å². The molecule has 1 aromatic carbocycles. The number of fused-ring (bicyclic) bond motifs is 1. The molecule has 5 nitrogen and oxygen atoms in total. The largest absolute Gasteiger partial charge is 0.460 e. The summed E-state index contributed by atoms with van der Waals surface area (Å²) in [5.41, 5.74) is 7.08. The smallest absolute Gasteiger partial charge is 0.246 e. The van der Waals surface area contributed by atoms with E-state index in [0.29, 0.717) is 25.4 Å². The van der Waals surface area contributed by atoms with Gasteiger partial charge in [-0.25, -0.2) is 0 Å². The van der Waals surface area contributed by atoms with Crippen LogP contribution in [-0.4, -0.2) is 29.8 Å². The Kier molecular flexibility index (Phi) is 5.22. The van der Waals surface area contributed by atoms with E-state index in [4.69, 9.17) is 10.2 Å². The Labute approximate surface area is 147 Å². The van der Waals surface area contributed by atoms with Gasteiger partial charge in [-0.15, -0.1) is 0 Å². The predicted octanol–water partition coefficient (Wildman–Crippen LogP) is 3.12. The van der Waals surface area contributed by atoms with Gasteiger partial charge in [-0.3, -0.25) is 9.59 Å². The van der Waals surface area contributed by atoms with Crippen molar-refractivity contribution < 1.29 is 14.0 Å². The van der Waals surface area contributed by atoms with Crippen LogP contribution in [0.4, 0.5) is 0 Å². The van der Waals surface area contributed by atoms with Gasteiger partial charge in [0.2, 0.25) is 11.8 Å². The summed E-state index contributed by atoms with van der Waals surface area (Å²) >= 11 is 0. The number of furan rings is 1. The fourth-order valence-electron chi connectivity index (χ4n) is 3.46. The number of carbonyl (C=O) groups is 2. The van der Waals surface area contributed by atoms with E-state index in [-0.39, 0.29) is 11.8 Å². The Morgan fingerprint density at radius 1 is 1.28 bits per heavy atom. The molecule has 2 aromatic rings. The number of aryl methyl sites for hydroxylation is 1. The lowest BCUT2D eigenvalue weighted by Gasteiger charge is -2.30. The minimum atomic E-state index is -0.261. The van der Waals surface area contributed by atoms with Crippen molar-refractivity contribution in [1.82, 2.24) is 4.90 Å². The molecule has 1 saturated heterocycles. The molecule has 132 valence electrons. The standard InChI is InChI=1S/C20H24N2O3/c1-2-17-16(15-5-3-4-6-18(15)25-17)7-8-20(24)22-11-9-14(10-12-22)13-19(21)23/h3-8,14H,2,9-13H2,1H3,(H2,21,23)/b8-7-. The lowest BCUT2D eigenvalue weighted by molar-refractivity contribution is -0.127. The lowest BCUT2D eigenvalue weighted by atomic mass is 9.93. The highest BCUT2D eigenvalue weighted by Crippen LogP contribution is 2.27. The molecule has 1 aromatic heterocycles. The van der Waals surface area contributed by atoms with Crippen molar-refractivity contribution in [3.63, 3.8) is 0 Å². The first-order valence-corrected chi connectivity index (χ1v) is 8.84. The number of rotatable bonds is 5. The van der Waals surface area contributed by atoms with Crippen molar-refractivity contribution >= 4 is 28.9 Å². The highest BCUT2D eigenvalue weighted by Gasteiger charge is 2.22. The van der Waals surface area contributed by atoms with Crippen LogP contribution in [0.2, 0.25) is 0 Å². The first kappa shape index (κ1) is 17.3. The number of primary amides is 1. The molecule has 2 N–H and O–H groups in total. The molecule has 25 heavy (non-hydrogen) atoms. The molecule has 1 fully saturated rings. The van der Waals surface area contributed by atoms with Crippen LogP contribution < -0.4 is 5.73 Å². The average Bonchev–Trinajstić information content (AvgIpc) is 2.97. The summed E-state index contributed by atoms with van der Waals surface area (Å²) in [7, 11) is 0. The van der Waals surface area contributed by atoms with E-state index < -0.39 is 0 Å². The van der Waals surface area contributed by atoms with E-state index in [1.54, 1.807) is 6.08 Å². The third kappa shape index (κ3) is 3.92. The van der Waals surface area contributed by atoms with Crippen LogP contribution in [0, 0.1) is 5.92 Å². The third-order valence-electron chi connectivity index (χ3n) is 4.84. The topological polar surface area (TPSA) is 76.5 Å². The van der Waals surface area contributed by atoms with Crippen LogP contribution in [0.15, 0.2) is 34.8 Å². The molecule has 0 saturated carbocycles. The summed E-state index contributed by atoms with van der Waals surface area (Å²) in [6, 6.07) is 7.87. The van der Waals surface area contributed by atoms with Gasteiger partial charge in [-0.2, -0.15) is 0 Å². The molecule has 3 rings (SSSR count). The number of likely N-dealkylation sites (tertiary alicyclic amines) is 1. The highest BCUT2D eigenvalue weighted by atomic mass is 16.3. The summed E-state index contributed by atoms with van der Waals surface area (Å²) in [5, 5.41) is 1.03. The number of amides is 2. The zero-order chi connectivity index (χ0) is 17.8. The van der Waals surface area contributed by atoms with E-state index in [1.807, 2.05) is 42.2 Å². The van der Waals surface area contributed by atoms with Gasteiger partial charge in [0, 0.05) is 43.0 Å². The van der Waals surface area contributed by atoms with Crippen LogP contribution in [-0.2, 0) is 16.0 Å². The van der Waals surface area contributed by atoms with Gasteiger partial charge in [0.15, 0.2) is 0 Å². The molecule has 5 heteroatoms. The molecular weight excluding hydrogens is 316 g/mol. The molecular formula is C20H24N2O3. The van der Waals surface area contributed by atoms with Crippen molar-refractivity contribution in [2.45, 2.75) is 32.6 Å². The molecule has 2 heterocycles. The summed E-state index contributed by atoms with van der Waals surface area (Å²) in [6.45, 7) is 3.39. The van der Waals surface area contributed by atoms with Crippen molar-refractivity contribution in [3.8, 4) is 0 Å². The monoisotopic (exact) mass is 340 g/mol. The molecule has 0 atom stereocenters. The second-order valence-corrected chi connectivity index (χ2v) is 6.56. The van der Waals surface area contributed by atoms with Gasteiger partial charge >= 0.3 is 0 Å². The minimum Gasteiger partial charge on any atom is -0.460 e. The van der Waals surface area contributed by atoms with Gasteiger partial charge in [-0.05, 0) is 30.9 Å². The van der Waals surface area contributed by atoms with Crippen molar-refractivity contribution in [2.24, 2.45) is 11.7 Å². The number of carbonyl (C=O) groups excluding carboxylic acids is 2. The lowest BCUT2D eigenvalue weighted by Crippen LogP contribution is -2.38. The third-order valence-corrected chi connectivity index (χ3v) is 4.84. The van der Waals surface area contributed by atoms with Crippen LogP contribution in [0.5, 0.6) is 0 Å². The number of benzene rings is 1. The maximum atomic E-state index is 12.5. The number of nitrogens with two attached hydrogens (primary N) is 1. The van der Waals surface area contributed by atoms with Crippen LogP contribution in [0.1, 0.15) is 37.5 Å². The number of hydrogen-bond donors (Lipinski definition) is 1. The first-order valence-electron chi connectivity index (χ1n) is 8.84. The van der Waals surface area contributed by atoms with Gasteiger partial charge in [0.05, 0.1) is 0 Å². The summed E-state index contributed by atoms with van der Waals surface area (Å²) in [5.74, 6) is 0.939. The molecule has 1 aliphatic rings. The van der Waals surface area contributed by atoms with Crippen molar-refractivity contribution in [1.29, 1.82) is 0 Å². The molecule has 1 aliphatic heterocycles. The van der Waals surface area contributed by atoms with Crippen LogP contribution in [0.25, 0.3) is 17.0 Å². The minimum absolute atomic E-state index is 0.00450. The zero-order valence-electron chi connectivity index (χ0n) is 14.5. The average molecular weight is 340 g/mol. The molecule has 2 amide bonds. The maximum Gasteiger partial charge on any atom is 0.246 e. The molecule has 0 spiro atoms. The summed E-state index contributed by atoms with van der Waals surface area (Å²) in [4.78, 5) is 25.3. The molecule has 0 radical (unpaired) electrons. The summed E-state index contributed by atoms with van der Waals surface area (Å²) in [6.07, 6.45) is 6.35. The van der Waals surface area contributed by atoms with E-state index in [1.165, 1.54) is 0 Å². The Morgan fingerprint density at radius 3 is 2.68 bits per heavy atom. The quantitative estimate of drug-likeness (QED) is 0.850. The maximum absolute atomic E-state index is 12.5. The Balaban J connectivity index is 1.68. The first-order chi connectivity index (χ1) is 12.1. The predicted molar refractivity (Wildman–Crippen MR) is 97.7 cm³/mol. The summed E-state index contributed by atoms with van der Waals surface area (Å²) < 4.78 is 5.86. The number of nitrogens with zero attached hydrogens (tertiary/aromatic N) is 1. The second kappa shape index (κ2) is 7.55. The Hall–Kier alpha value is -2.56. The number of hydrogen-bond acceptors (Lipinski definition) is 3. The zero-order valence-corrected chi connectivity index (χ0v) is 14.5. The fraction of sp³-hybridized carbons (Fsp3) is 0.400. The van der Waals surface area contributed by atoms with E-state index in [0.717, 1.165) is 41.6 Å². The number of piperidine rings is 1. The highest BCUT2D eigenvalue weighted by molar-refractivity contribution is 5.96. The van der Waals surface area contributed by atoms with Crippen LogP contribution in [0.3, 0.4) is 0 Å². The molecule has 0 bridgehead atoms. The van der Waals surface area contributed by atoms with Gasteiger partial charge < -0.3 is 15.1 Å². The second-order valence-electron chi connectivity index (χ2n) is 6.56. The molecule has 0 unspecified atom stereocenters. The van der Waals surface area contributed by atoms with Gasteiger partial charge in [0.1, 0.15) is 11.3 Å². The van der Waals surface area contributed by atoms with Gasteiger partial charge in [-0.1, -0.05) is 25.1 Å². The fourth-order valence-corrected chi connectivity index (χ4v) is 3.46. The van der Waals surface area contributed by atoms with Crippen molar-refractivity contribution in [3.05, 3.63) is 41.7 Å². The van der Waals surface area contributed by atoms with Crippen molar-refractivity contribution in [2.75, 3.05) is 13.1 Å². The Morgan fingerprint density at radius 2 is 2.00 bits per heavy atom.